The van der Waals surface area contributed by atoms with Crippen LogP contribution in [0.25, 0.3) is 0 Å². The molecule has 20 heavy (non-hydrogen) atoms. The highest BCUT2D eigenvalue weighted by Gasteiger charge is 2.08. The summed E-state index contributed by atoms with van der Waals surface area (Å²) in [6.07, 6.45) is 1.07. The third kappa shape index (κ3) is 3.76. The molecule has 0 aromatic heterocycles. The lowest BCUT2D eigenvalue weighted by Crippen LogP contribution is -2.18. The van der Waals surface area contributed by atoms with Crippen LogP contribution in [-0.2, 0) is 13.0 Å². The molecular formula is C17H19Cl2N. The normalized spacial score (nSPS) is 12.4. The molecule has 1 N–H and O–H groups in total. The highest BCUT2D eigenvalue weighted by molar-refractivity contribution is 6.42. The quantitative estimate of drug-likeness (QED) is 0.779. The van der Waals surface area contributed by atoms with Crippen molar-refractivity contribution in [3.05, 3.63) is 69.2 Å². The highest BCUT2D eigenvalue weighted by atomic mass is 35.5. The van der Waals surface area contributed by atoms with Gasteiger partial charge in [0.05, 0.1) is 10.0 Å². The average Bonchev–Trinajstić information content (AvgIpc) is 2.48. The number of nitrogens with one attached hydrogen (secondary N) is 1. The molecule has 0 amide bonds. The third-order valence-corrected chi connectivity index (χ3v) is 4.38. The van der Waals surface area contributed by atoms with Gasteiger partial charge in [0, 0.05) is 12.6 Å². The molecule has 0 aliphatic rings. The number of rotatable bonds is 5. The van der Waals surface area contributed by atoms with Gasteiger partial charge in [0.25, 0.3) is 0 Å². The molecule has 1 unspecified atom stereocenters. The zero-order valence-electron chi connectivity index (χ0n) is 11.8. The topological polar surface area (TPSA) is 12.0 Å². The first-order valence-corrected chi connectivity index (χ1v) is 7.62. The Bertz CT molecular complexity index is 564. The third-order valence-electron chi connectivity index (χ3n) is 3.52. The van der Waals surface area contributed by atoms with Crippen LogP contribution >= 0.6 is 23.2 Å². The van der Waals surface area contributed by atoms with Crippen molar-refractivity contribution in [2.75, 3.05) is 0 Å². The molecule has 1 atom stereocenters. The van der Waals surface area contributed by atoms with Crippen LogP contribution in [0.2, 0.25) is 10.0 Å². The maximum Gasteiger partial charge on any atom is 0.0637 e. The summed E-state index contributed by atoms with van der Waals surface area (Å²) in [5.74, 6) is 0. The Labute approximate surface area is 130 Å². The Hall–Kier alpha value is -1.02. The van der Waals surface area contributed by atoms with E-state index in [2.05, 4.69) is 43.4 Å². The Balaban J connectivity index is 2.00. The fourth-order valence-corrected chi connectivity index (χ4v) is 2.49. The predicted molar refractivity (Wildman–Crippen MR) is 87.5 cm³/mol. The lowest BCUT2D eigenvalue weighted by Gasteiger charge is -2.15. The second-order valence-corrected chi connectivity index (χ2v) is 5.70. The number of hydrogen-bond donors (Lipinski definition) is 1. The predicted octanol–water partition coefficient (Wildman–Crippen LogP) is 5.41. The maximum atomic E-state index is 6.19. The molecule has 0 aliphatic carbocycles. The summed E-state index contributed by atoms with van der Waals surface area (Å²) in [5.41, 5.74) is 3.66. The van der Waals surface area contributed by atoms with Gasteiger partial charge in [0.1, 0.15) is 0 Å². The maximum absolute atomic E-state index is 6.19. The molecular weight excluding hydrogens is 289 g/mol. The van der Waals surface area contributed by atoms with Crippen LogP contribution < -0.4 is 5.32 Å². The van der Waals surface area contributed by atoms with E-state index in [0.717, 1.165) is 12.0 Å². The summed E-state index contributed by atoms with van der Waals surface area (Å²) < 4.78 is 0. The molecule has 0 heterocycles. The minimum Gasteiger partial charge on any atom is -0.306 e. The van der Waals surface area contributed by atoms with E-state index in [1.807, 2.05) is 12.1 Å². The van der Waals surface area contributed by atoms with Gasteiger partial charge in [0.2, 0.25) is 0 Å². The van der Waals surface area contributed by atoms with Crippen LogP contribution in [0.15, 0.2) is 42.5 Å². The van der Waals surface area contributed by atoms with Crippen molar-refractivity contribution in [2.45, 2.75) is 32.9 Å². The second kappa shape index (κ2) is 7.12. The van der Waals surface area contributed by atoms with Crippen molar-refractivity contribution in [2.24, 2.45) is 0 Å². The monoisotopic (exact) mass is 307 g/mol. The standard InChI is InChI=1S/C17H19Cl2N/c1-3-13-7-9-14(10-8-13)12(2)20-11-15-5-4-6-16(18)17(15)19/h4-10,12,20H,3,11H2,1-2H3. The highest BCUT2D eigenvalue weighted by Crippen LogP contribution is 2.26. The van der Waals surface area contributed by atoms with Crippen LogP contribution in [0.3, 0.4) is 0 Å². The van der Waals surface area contributed by atoms with E-state index in [-0.39, 0.29) is 6.04 Å². The fraction of sp³-hybridized carbons (Fsp3) is 0.294. The molecule has 3 heteroatoms. The van der Waals surface area contributed by atoms with Crippen LogP contribution in [0.4, 0.5) is 0 Å². The second-order valence-electron chi connectivity index (χ2n) is 4.91. The molecule has 0 saturated heterocycles. The van der Waals surface area contributed by atoms with E-state index in [1.54, 1.807) is 6.07 Å². The Kier molecular flexibility index (Phi) is 5.47. The van der Waals surface area contributed by atoms with Crippen molar-refractivity contribution in [1.82, 2.24) is 5.32 Å². The molecule has 2 aromatic rings. The van der Waals surface area contributed by atoms with E-state index in [0.29, 0.717) is 16.6 Å². The van der Waals surface area contributed by atoms with E-state index in [4.69, 9.17) is 23.2 Å². The van der Waals surface area contributed by atoms with E-state index >= 15 is 0 Å². The molecule has 0 bridgehead atoms. The number of aryl methyl sites for hydroxylation is 1. The number of benzene rings is 2. The van der Waals surface area contributed by atoms with Gasteiger partial charge in [-0.05, 0) is 36.1 Å². The van der Waals surface area contributed by atoms with Crippen molar-refractivity contribution in [1.29, 1.82) is 0 Å². The molecule has 106 valence electrons. The van der Waals surface area contributed by atoms with Gasteiger partial charge in [-0.1, -0.05) is 66.5 Å². The zero-order chi connectivity index (χ0) is 14.5. The Morgan fingerprint density at radius 3 is 2.40 bits per heavy atom. The van der Waals surface area contributed by atoms with Crippen molar-refractivity contribution >= 4 is 23.2 Å². The molecule has 1 nitrogen and oxygen atoms in total. The molecule has 2 aromatic carbocycles. The Morgan fingerprint density at radius 1 is 1.05 bits per heavy atom. The van der Waals surface area contributed by atoms with Crippen LogP contribution in [0, 0.1) is 0 Å². The minimum atomic E-state index is 0.274. The molecule has 0 aliphatic heterocycles. The van der Waals surface area contributed by atoms with Gasteiger partial charge in [0.15, 0.2) is 0 Å². The van der Waals surface area contributed by atoms with Gasteiger partial charge in [-0.3, -0.25) is 0 Å². The first-order valence-electron chi connectivity index (χ1n) is 6.87. The summed E-state index contributed by atoms with van der Waals surface area (Å²) in [5, 5.41) is 4.71. The largest absolute Gasteiger partial charge is 0.306 e. The van der Waals surface area contributed by atoms with Crippen LogP contribution in [0.5, 0.6) is 0 Å². The molecule has 0 spiro atoms. The van der Waals surface area contributed by atoms with E-state index in [1.165, 1.54) is 11.1 Å². The fourth-order valence-electron chi connectivity index (χ4n) is 2.11. The summed E-state index contributed by atoms with van der Waals surface area (Å²) in [6.45, 7) is 5.02. The Morgan fingerprint density at radius 2 is 1.75 bits per heavy atom. The first kappa shape index (κ1) is 15.4. The lowest BCUT2D eigenvalue weighted by molar-refractivity contribution is 0.574. The smallest absolute Gasteiger partial charge is 0.0637 e. The van der Waals surface area contributed by atoms with Crippen molar-refractivity contribution in [3.63, 3.8) is 0 Å². The van der Waals surface area contributed by atoms with Gasteiger partial charge in [-0.2, -0.15) is 0 Å². The van der Waals surface area contributed by atoms with Gasteiger partial charge in [-0.15, -0.1) is 0 Å². The summed E-state index contributed by atoms with van der Waals surface area (Å²) >= 11 is 12.2. The molecule has 0 radical (unpaired) electrons. The van der Waals surface area contributed by atoms with Crippen LogP contribution in [0.1, 0.15) is 36.6 Å². The van der Waals surface area contributed by atoms with Crippen molar-refractivity contribution in [3.8, 4) is 0 Å². The van der Waals surface area contributed by atoms with Gasteiger partial charge < -0.3 is 5.32 Å². The van der Waals surface area contributed by atoms with E-state index in [9.17, 15) is 0 Å². The lowest BCUT2D eigenvalue weighted by atomic mass is 10.0. The number of halogens is 2. The molecule has 0 fully saturated rings. The van der Waals surface area contributed by atoms with Gasteiger partial charge in [-0.25, -0.2) is 0 Å². The summed E-state index contributed by atoms with van der Waals surface area (Å²) in [6, 6.07) is 14.7. The summed E-state index contributed by atoms with van der Waals surface area (Å²) in [4.78, 5) is 0. The first-order chi connectivity index (χ1) is 9.61. The zero-order valence-corrected chi connectivity index (χ0v) is 13.3. The van der Waals surface area contributed by atoms with Crippen LogP contribution in [-0.4, -0.2) is 0 Å². The molecule has 2 rings (SSSR count). The number of hydrogen-bond acceptors (Lipinski definition) is 1. The van der Waals surface area contributed by atoms with Gasteiger partial charge >= 0.3 is 0 Å². The minimum absolute atomic E-state index is 0.274. The average molecular weight is 308 g/mol. The molecule has 0 saturated carbocycles. The van der Waals surface area contributed by atoms with E-state index < -0.39 is 0 Å². The van der Waals surface area contributed by atoms with Crippen molar-refractivity contribution < 1.29 is 0 Å². The SMILES string of the molecule is CCc1ccc(C(C)NCc2cccc(Cl)c2Cl)cc1. The summed E-state index contributed by atoms with van der Waals surface area (Å²) in [7, 11) is 0.